The number of carbonyl (C=O) groups is 1. The van der Waals surface area contributed by atoms with Crippen molar-refractivity contribution in [2.24, 2.45) is 11.1 Å². The third-order valence-corrected chi connectivity index (χ3v) is 4.07. The van der Waals surface area contributed by atoms with E-state index in [1.54, 1.807) is 18.2 Å². The number of hydrogen-bond donors (Lipinski definition) is 2. The second kappa shape index (κ2) is 4.44. The van der Waals surface area contributed by atoms with Gasteiger partial charge >= 0.3 is 0 Å². The van der Waals surface area contributed by atoms with Crippen LogP contribution in [-0.2, 0) is 4.79 Å². The van der Waals surface area contributed by atoms with E-state index in [4.69, 9.17) is 41.2 Å². The van der Waals surface area contributed by atoms with Crippen LogP contribution in [-0.4, -0.2) is 10.9 Å². The van der Waals surface area contributed by atoms with Crippen molar-refractivity contribution < 1.29 is 4.79 Å². The monoisotopic (exact) mass is 288 g/mol. The number of thiocarbonyl (C=S) groups is 1. The molecular weight excluding hydrogens is 279 g/mol. The molecule has 0 unspecified atom stereocenters. The van der Waals surface area contributed by atoms with Gasteiger partial charge in [0.1, 0.15) is 0 Å². The van der Waals surface area contributed by atoms with Gasteiger partial charge in [0.25, 0.3) is 0 Å². The minimum Gasteiger partial charge on any atom is -0.392 e. The normalized spacial score (nSPS) is 16.4. The minimum atomic E-state index is -0.693. The standard InChI is InChI=1S/C11H10Cl2N2OS/c12-6-2-1-3-7(8(6)13)15-10(16)11(4-5-11)9(14)17/h1-3H,4-5H2,(H2,14,17)(H,15,16). The number of halogens is 2. The number of amides is 1. The molecule has 0 aliphatic heterocycles. The van der Waals surface area contributed by atoms with E-state index in [9.17, 15) is 4.79 Å². The van der Waals surface area contributed by atoms with Gasteiger partial charge in [0.15, 0.2) is 0 Å². The fraction of sp³-hybridized carbons (Fsp3) is 0.273. The third-order valence-electron chi connectivity index (χ3n) is 2.86. The van der Waals surface area contributed by atoms with Gasteiger partial charge in [-0.3, -0.25) is 4.79 Å². The average molecular weight is 289 g/mol. The maximum absolute atomic E-state index is 12.0. The van der Waals surface area contributed by atoms with E-state index in [1.165, 1.54) is 0 Å². The topological polar surface area (TPSA) is 55.1 Å². The number of carbonyl (C=O) groups excluding carboxylic acids is 1. The molecule has 0 aromatic heterocycles. The summed E-state index contributed by atoms with van der Waals surface area (Å²) in [5.74, 6) is -0.214. The third kappa shape index (κ3) is 2.25. The highest BCUT2D eigenvalue weighted by Gasteiger charge is 2.52. The fourth-order valence-electron chi connectivity index (χ4n) is 1.55. The van der Waals surface area contributed by atoms with Crippen LogP contribution in [0.4, 0.5) is 5.69 Å². The van der Waals surface area contributed by atoms with E-state index in [0.29, 0.717) is 28.6 Å². The molecule has 0 spiro atoms. The Morgan fingerprint density at radius 2 is 2.06 bits per heavy atom. The van der Waals surface area contributed by atoms with Gasteiger partial charge in [-0.2, -0.15) is 0 Å². The smallest absolute Gasteiger partial charge is 0.237 e. The van der Waals surface area contributed by atoms with Crippen molar-refractivity contribution in [3.63, 3.8) is 0 Å². The second-order valence-electron chi connectivity index (χ2n) is 4.00. The Balaban J connectivity index is 2.20. The molecule has 1 saturated carbocycles. The molecule has 2 rings (SSSR count). The number of nitrogens with one attached hydrogen (secondary N) is 1. The van der Waals surface area contributed by atoms with E-state index in [2.05, 4.69) is 5.32 Å². The van der Waals surface area contributed by atoms with Gasteiger partial charge in [-0.05, 0) is 25.0 Å². The molecule has 0 atom stereocenters. The van der Waals surface area contributed by atoms with Crippen molar-refractivity contribution in [2.75, 3.05) is 5.32 Å². The Morgan fingerprint density at radius 1 is 1.41 bits per heavy atom. The lowest BCUT2D eigenvalue weighted by Crippen LogP contribution is -2.35. The molecule has 1 aliphatic rings. The summed E-state index contributed by atoms with van der Waals surface area (Å²) in [5.41, 5.74) is 5.35. The highest BCUT2D eigenvalue weighted by atomic mass is 35.5. The van der Waals surface area contributed by atoms with Crippen LogP contribution in [0.5, 0.6) is 0 Å². The first kappa shape index (κ1) is 12.6. The number of nitrogens with two attached hydrogens (primary N) is 1. The van der Waals surface area contributed by atoms with Gasteiger partial charge < -0.3 is 11.1 Å². The van der Waals surface area contributed by atoms with Gasteiger partial charge in [-0.15, -0.1) is 0 Å². The molecule has 0 bridgehead atoms. The highest BCUT2D eigenvalue weighted by molar-refractivity contribution is 7.80. The SMILES string of the molecule is NC(=S)C1(C(=O)Nc2cccc(Cl)c2Cl)CC1. The second-order valence-corrected chi connectivity index (χ2v) is 5.23. The zero-order valence-electron chi connectivity index (χ0n) is 8.80. The summed E-state index contributed by atoms with van der Waals surface area (Å²) >= 11 is 16.7. The van der Waals surface area contributed by atoms with E-state index in [1.807, 2.05) is 0 Å². The Hall–Kier alpha value is -0.840. The van der Waals surface area contributed by atoms with Gasteiger partial charge in [-0.1, -0.05) is 41.5 Å². The summed E-state index contributed by atoms with van der Waals surface area (Å²) in [6.07, 6.45) is 1.37. The van der Waals surface area contributed by atoms with Gasteiger partial charge in [0, 0.05) is 0 Å². The molecule has 1 amide bonds. The lowest BCUT2D eigenvalue weighted by molar-refractivity contribution is -0.118. The summed E-state index contributed by atoms with van der Waals surface area (Å²) in [6.45, 7) is 0. The number of hydrogen-bond acceptors (Lipinski definition) is 2. The van der Waals surface area contributed by atoms with Crippen LogP contribution < -0.4 is 11.1 Å². The zero-order chi connectivity index (χ0) is 12.6. The Morgan fingerprint density at radius 3 is 2.59 bits per heavy atom. The minimum absolute atomic E-state index is 0.214. The summed E-state index contributed by atoms with van der Waals surface area (Å²) in [4.78, 5) is 12.3. The number of anilines is 1. The van der Waals surface area contributed by atoms with Crippen LogP contribution in [0, 0.1) is 5.41 Å². The molecule has 1 aromatic carbocycles. The van der Waals surface area contributed by atoms with E-state index in [-0.39, 0.29) is 10.9 Å². The largest absolute Gasteiger partial charge is 0.392 e. The Labute approximate surface area is 114 Å². The molecule has 0 saturated heterocycles. The quantitative estimate of drug-likeness (QED) is 0.841. The Bertz CT molecular complexity index is 500. The fourth-order valence-corrected chi connectivity index (χ4v) is 2.20. The highest BCUT2D eigenvalue weighted by Crippen LogP contribution is 2.47. The van der Waals surface area contributed by atoms with Crippen LogP contribution in [0.15, 0.2) is 18.2 Å². The van der Waals surface area contributed by atoms with Gasteiger partial charge in [-0.25, -0.2) is 0 Å². The maximum atomic E-state index is 12.0. The molecule has 6 heteroatoms. The number of rotatable bonds is 3. The summed E-state index contributed by atoms with van der Waals surface area (Å²) in [6, 6.07) is 5.05. The van der Waals surface area contributed by atoms with Crippen molar-refractivity contribution in [2.45, 2.75) is 12.8 Å². The van der Waals surface area contributed by atoms with Crippen molar-refractivity contribution >= 4 is 52.0 Å². The molecule has 0 heterocycles. The van der Waals surface area contributed by atoms with Gasteiger partial charge in [0.2, 0.25) is 5.91 Å². The molecule has 0 radical (unpaired) electrons. The molecule has 90 valence electrons. The molecule has 17 heavy (non-hydrogen) atoms. The van der Waals surface area contributed by atoms with Crippen LogP contribution in [0.3, 0.4) is 0 Å². The first-order valence-electron chi connectivity index (χ1n) is 5.03. The predicted octanol–water partition coefficient (Wildman–Crippen LogP) is 3.00. The number of benzene rings is 1. The van der Waals surface area contributed by atoms with Crippen LogP contribution in [0.25, 0.3) is 0 Å². The molecular formula is C11H10Cl2N2OS. The zero-order valence-corrected chi connectivity index (χ0v) is 11.1. The summed E-state index contributed by atoms with van der Waals surface area (Å²) in [5, 5.41) is 3.43. The van der Waals surface area contributed by atoms with Crippen molar-refractivity contribution in [3.05, 3.63) is 28.2 Å². The molecule has 3 nitrogen and oxygen atoms in total. The van der Waals surface area contributed by atoms with E-state index >= 15 is 0 Å². The van der Waals surface area contributed by atoms with E-state index in [0.717, 1.165) is 0 Å². The van der Waals surface area contributed by atoms with Crippen LogP contribution >= 0.6 is 35.4 Å². The lowest BCUT2D eigenvalue weighted by Gasteiger charge is -2.14. The molecule has 1 fully saturated rings. The predicted molar refractivity (Wildman–Crippen MR) is 73.5 cm³/mol. The maximum Gasteiger partial charge on any atom is 0.237 e. The Kier molecular flexibility index (Phi) is 3.30. The van der Waals surface area contributed by atoms with Gasteiger partial charge in [0.05, 0.1) is 26.1 Å². The lowest BCUT2D eigenvalue weighted by atomic mass is 10.1. The summed E-state index contributed by atoms with van der Waals surface area (Å²) in [7, 11) is 0. The molecule has 1 aliphatic carbocycles. The molecule has 3 N–H and O–H groups in total. The molecule has 1 aromatic rings. The average Bonchev–Trinajstić information content (AvgIpc) is 3.05. The van der Waals surface area contributed by atoms with Crippen molar-refractivity contribution in [1.29, 1.82) is 0 Å². The first-order chi connectivity index (χ1) is 7.97. The van der Waals surface area contributed by atoms with Crippen molar-refractivity contribution in [1.82, 2.24) is 0 Å². The summed E-state index contributed by atoms with van der Waals surface area (Å²) < 4.78 is 0. The van der Waals surface area contributed by atoms with E-state index < -0.39 is 5.41 Å². The van der Waals surface area contributed by atoms with Crippen LogP contribution in [0.1, 0.15) is 12.8 Å². The van der Waals surface area contributed by atoms with Crippen molar-refractivity contribution in [3.8, 4) is 0 Å². The first-order valence-corrected chi connectivity index (χ1v) is 6.19. The van der Waals surface area contributed by atoms with Crippen LogP contribution in [0.2, 0.25) is 10.0 Å².